The van der Waals surface area contributed by atoms with Gasteiger partial charge in [0.15, 0.2) is 11.6 Å². The number of benzene rings is 3. The molecule has 1 saturated heterocycles. The van der Waals surface area contributed by atoms with Crippen molar-refractivity contribution in [1.82, 2.24) is 4.90 Å². The van der Waals surface area contributed by atoms with Crippen LogP contribution in [0.1, 0.15) is 25.8 Å². The molecule has 1 heterocycles. The second-order valence-electron chi connectivity index (χ2n) is 9.00. The minimum atomic E-state index is -1.17. The number of hydrogen-bond donors (Lipinski definition) is 0. The smallest absolute Gasteiger partial charge is 0.332 e. The summed E-state index contributed by atoms with van der Waals surface area (Å²) in [6.07, 6.45) is 0.347. The number of ether oxygens (including phenoxy) is 1. The molecule has 4 rings (SSSR count). The first-order valence-corrected chi connectivity index (χ1v) is 11.5. The standard InChI is InChI=1S/C28H25F2N3O3/c1-18-23(13-12-22(31-4)25(18)30)33-26(34)28(2,3)32(27(33)35)15-8-16-36-24-14-11-20(17-21(24)29)19-9-6-5-7-10-19/h5-7,9-14,17H,8,15-16H2,1-3H3. The van der Waals surface area contributed by atoms with E-state index in [2.05, 4.69) is 4.85 Å². The number of rotatable bonds is 7. The second kappa shape index (κ2) is 9.78. The lowest BCUT2D eigenvalue weighted by molar-refractivity contribution is -0.123. The van der Waals surface area contributed by atoms with Gasteiger partial charge in [-0.15, -0.1) is 0 Å². The van der Waals surface area contributed by atoms with Crippen LogP contribution in [0.2, 0.25) is 0 Å². The van der Waals surface area contributed by atoms with Crippen molar-refractivity contribution in [2.24, 2.45) is 0 Å². The van der Waals surface area contributed by atoms with E-state index in [4.69, 9.17) is 11.3 Å². The highest BCUT2D eigenvalue weighted by atomic mass is 19.1. The van der Waals surface area contributed by atoms with Crippen LogP contribution in [0.15, 0.2) is 60.7 Å². The van der Waals surface area contributed by atoms with Crippen LogP contribution in [-0.2, 0) is 4.79 Å². The first-order valence-electron chi connectivity index (χ1n) is 11.5. The third-order valence-corrected chi connectivity index (χ3v) is 6.34. The molecule has 0 spiro atoms. The van der Waals surface area contributed by atoms with Crippen LogP contribution >= 0.6 is 0 Å². The maximum absolute atomic E-state index is 14.6. The Morgan fingerprint density at radius 1 is 1.00 bits per heavy atom. The number of urea groups is 1. The number of anilines is 1. The van der Waals surface area contributed by atoms with Gasteiger partial charge in [-0.25, -0.2) is 23.3 Å². The molecule has 0 saturated carbocycles. The fourth-order valence-electron chi connectivity index (χ4n) is 4.25. The number of amides is 3. The number of halogens is 2. The van der Waals surface area contributed by atoms with Gasteiger partial charge in [0, 0.05) is 6.54 Å². The Morgan fingerprint density at radius 2 is 1.72 bits per heavy atom. The highest BCUT2D eigenvalue weighted by molar-refractivity contribution is 6.23. The topological polar surface area (TPSA) is 54.2 Å². The van der Waals surface area contributed by atoms with Gasteiger partial charge in [0.05, 0.1) is 18.9 Å². The van der Waals surface area contributed by atoms with Gasteiger partial charge in [0.1, 0.15) is 11.4 Å². The molecule has 3 amide bonds. The van der Waals surface area contributed by atoms with Crippen molar-refractivity contribution in [2.45, 2.75) is 32.7 Å². The molecule has 3 aromatic rings. The maximum atomic E-state index is 14.6. The normalized spacial score (nSPS) is 14.8. The quantitative estimate of drug-likeness (QED) is 0.216. The zero-order valence-corrected chi connectivity index (χ0v) is 20.2. The number of imide groups is 1. The molecule has 1 aliphatic rings. The minimum absolute atomic E-state index is 0.0561. The molecule has 1 fully saturated rings. The monoisotopic (exact) mass is 489 g/mol. The summed E-state index contributed by atoms with van der Waals surface area (Å²) in [7, 11) is 0. The second-order valence-corrected chi connectivity index (χ2v) is 9.00. The van der Waals surface area contributed by atoms with E-state index in [0.717, 1.165) is 16.0 Å². The van der Waals surface area contributed by atoms with Crippen LogP contribution in [0.4, 0.5) is 25.0 Å². The van der Waals surface area contributed by atoms with Crippen LogP contribution in [0, 0.1) is 25.1 Å². The van der Waals surface area contributed by atoms with E-state index in [1.54, 1.807) is 26.0 Å². The third-order valence-electron chi connectivity index (χ3n) is 6.34. The molecule has 8 heteroatoms. The lowest BCUT2D eigenvalue weighted by Gasteiger charge is -2.27. The highest BCUT2D eigenvalue weighted by Crippen LogP contribution is 2.36. The van der Waals surface area contributed by atoms with Crippen LogP contribution in [0.3, 0.4) is 0 Å². The Balaban J connectivity index is 1.42. The number of carbonyl (C=O) groups excluding carboxylic acids is 2. The van der Waals surface area contributed by atoms with E-state index >= 15 is 0 Å². The molecule has 0 atom stereocenters. The van der Waals surface area contributed by atoms with Crippen LogP contribution in [0.25, 0.3) is 16.0 Å². The average Bonchev–Trinajstić information content (AvgIpc) is 3.03. The molecule has 0 aliphatic carbocycles. The maximum Gasteiger partial charge on any atom is 0.332 e. The molecular weight excluding hydrogens is 464 g/mol. The molecule has 0 unspecified atom stereocenters. The minimum Gasteiger partial charge on any atom is -0.490 e. The summed E-state index contributed by atoms with van der Waals surface area (Å²) in [5.41, 5.74) is 0.460. The summed E-state index contributed by atoms with van der Waals surface area (Å²) in [6, 6.07) is 16.3. The fraction of sp³-hybridized carbons (Fsp3) is 0.250. The molecule has 0 N–H and O–H groups in total. The van der Waals surface area contributed by atoms with E-state index < -0.39 is 29.1 Å². The molecular formula is C28H25F2N3O3. The Bertz CT molecular complexity index is 1370. The van der Waals surface area contributed by atoms with Crippen molar-refractivity contribution in [3.05, 3.63) is 89.3 Å². The van der Waals surface area contributed by atoms with Crippen LogP contribution in [0.5, 0.6) is 5.75 Å². The summed E-state index contributed by atoms with van der Waals surface area (Å²) in [4.78, 5) is 31.8. The first kappa shape index (κ1) is 24.9. The molecule has 3 aromatic carbocycles. The SMILES string of the molecule is [C-]#[N+]c1ccc(N2C(=O)N(CCCOc3ccc(-c4ccccc4)cc3F)C(C)(C)C2=O)c(C)c1F. The van der Waals surface area contributed by atoms with E-state index in [1.165, 1.54) is 30.0 Å². The Hall–Kier alpha value is -4.25. The van der Waals surface area contributed by atoms with Crippen molar-refractivity contribution in [1.29, 1.82) is 0 Å². The molecule has 0 radical (unpaired) electrons. The predicted molar refractivity (Wildman–Crippen MR) is 133 cm³/mol. The summed E-state index contributed by atoms with van der Waals surface area (Å²) < 4.78 is 34.7. The van der Waals surface area contributed by atoms with E-state index in [0.29, 0.717) is 6.42 Å². The highest BCUT2D eigenvalue weighted by Gasteiger charge is 2.52. The third kappa shape index (κ3) is 4.40. The van der Waals surface area contributed by atoms with Gasteiger partial charge in [-0.05, 0) is 62.1 Å². The largest absolute Gasteiger partial charge is 0.490 e. The van der Waals surface area contributed by atoms with Crippen LogP contribution in [-0.4, -0.2) is 35.5 Å². The van der Waals surface area contributed by atoms with Gasteiger partial charge in [-0.2, -0.15) is 0 Å². The zero-order valence-electron chi connectivity index (χ0n) is 20.2. The molecule has 0 aromatic heterocycles. The van der Waals surface area contributed by atoms with Gasteiger partial charge >= 0.3 is 6.03 Å². The lowest BCUT2D eigenvalue weighted by atomic mass is 10.0. The summed E-state index contributed by atoms with van der Waals surface area (Å²) in [5, 5.41) is 0. The number of nitrogens with zero attached hydrogens (tertiary/aromatic N) is 3. The zero-order chi connectivity index (χ0) is 26.0. The van der Waals surface area contributed by atoms with Crippen molar-refractivity contribution < 1.29 is 23.1 Å². The van der Waals surface area contributed by atoms with Gasteiger partial charge < -0.3 is 9.64 Å². The molecule has 6 nitrogen and oxygen atoms in total. The molecule has 36 heavy (non-hydrogen) atoms. The number of hydrogen-bond acceptors (Lipinski definition) is 3. The summed E-state index contributed by atoms with van der Waals surface area (Å²) in [6.45, 7) is 12.0. The van der Waals surface area contributed by atoms with Gasteiger partial charge in [-0.3, -0.25) is 4.79 Å². The molecule has 1 aliphatic heterocycles. The summed E-state index contributed by atoms with van der Waals surface area (Å²) >= 11 is 0. The molecule has 0 bridgehead atoms. The van der Waals surface area contributed by atoms with Crippen molar-refractivity contribution >= 4 is 23.3 Å². The van der Waals surface area contributed by atoms with Gasteiger partial charge in [0.2, 0.25) is 5.69 Å². The molecule has 184 valence electrons. The fourth-order valence-corrected chi connectivity index (χ4v) is 4.25. The van der Waals surface area contributed by atoms with Gasteiger partial charge in [0.25, 0.3) is 5.91 Å². The lowest BCUT2D eigenvalue weighted by Crippen LogP contribution is -2.44. The Labute approximate surface area is 208 Å². The van der Waals surface area contributed by atoms with Gasteiger partial charge in [-0.1, -0.05) is 42.5 Å². The first-order chi connectivity index (χ1) is 17.2. The van der Waals surface area contributed by atoms with E-state index in [9.17, 15) is 18.4 Å². The number of carbonyl (C=O) groups is 2. The van der Waals surface area contributed by atoms with E-state index in [-0.39, 0.29) is 35.8 Å². The van der Waals surface area contributed by atoms with Crippen molar-refractivity contribution in [2.75, 3.05) is 18.1 Å². The van der Waals surface area contributed by atoms with E-state index in [1.807, 2.05) is 30.3 Å². The van der Waals surface area contributed by atoms with Crippen molar-refractivity contribution in [3.63, 3.8) is 0 Å². The predicted octanol–water partition coefficient (Wildman–Crippen LogP) is 6.51. The van der Waals surface area contributed by atoms with Crippen LogP contribution < -0.4 is 9.64 Å². The Morgan fingerprint density at radius 3 is 2.39 bits per heavy atom. The average molecular weight is 490 g/mol. The summed E-state index contributed by atoms with van der Waals surface area (Å²) in [5.74, 6) is -1.64. The Kier molecular flexibility index (Phi) is 6.75. The van der Waals surface area contributed by atoms with Crippen molar-refractivity contribution in [3.8, 4) is 16.9 Å².